The number of hydrogen-bond donors (Lipinski definition) is 2. The molecule has 2 rings (SSSR count). The second kappa shape index (κ2) is 5.71. The number of amides is 1. The summed E-state index contributed by atoms with van der Waals surface area (Å²) < 4.78 is 5.09. The first-order valence-corrected chi connectivity index (χ1v) is 6.15. The molecule has 0 aliphatic rings. The number of furan rings is 1. The highest BCUT2D eigenvalue weighted by Gasteiger charge is 2.15. The van der Waals surface area contributed by atoms with Gasteiger partial charge in [-0.2, -0.15) is 0 Å². The molecule has 4 nitrogen and oxygen atoms in total. The smallest absolute Gasteiger partial charge is 0.287 e. The first-order chi connectivity index (χ1) is 9.09. The van der Waals surface area contributed by atoms with E-state index in [1.807, 2.05) is 31.2 Å². The van der Waals surface area contributed by atoms with E-state index in [4.69, 9.17) is 4.42 Å². The molecule has 1 heterocycles. The number of carbonyl (C=O) groups is 1. The average Bonchev–Trinajstić information content (AvgIpc) is 2.82. The van der Waals surface area contributed by atoms with Gasteiger partial charge in [0, 0.05) is 12.1 Å². The van der Waals surface area contributed by atoms with Gasteiger partial charge in [0.05, 0.1) is 12.4 Å². The number of aliphatic hydroxyl groups is 1. The van der Waals surface area contributed by atoms with Crippen molar-refractivity contribution >= 4 is 5.91 Å². The Morgan fingerprint density at radius 3 is 2.63 bits per heavy atom. The van der Waals surface area contributed by atoms with Crippen LogP contribution in [0.15, 0.2) is 41.0 Å². The zero-order chi connectivity index (χ0) is 13.8. The molecule has 100 valence electrons. The molecule has 1 amide bonds. The highest BCUT2D eigenvalue weighted by atomic mass is 16.3. The molecule has 2 aromatic rings. The van der Waals surface area contributed by atoms with Crippen molar-refractivity contribution in [3.05, 3.63) is 59.0 Å². The molecule has 1 atom stereocenters. The van der Waals surface area contributed by atoms with Gasteiger partial charge < -0.3 is 14.8 Å². The van der Waals surface area contributed by atoms with Gasteiger partial charge in [-0.3, -0.25) is 4.79 Å². The zero-order valence-corrected chi connectivity index (χ0v) is 11.0. The van der Waals surface area contributed by atoms with Gasteiger partial charge in [0.2, 0.25) is 0 Å². The summed E-state index contributed by atoms with van der Waals surface area (Å²) >= 11 is 0. The van der Waals surface area contributed by atoms with E-state index in [0.29, 0.717) is 0 Å². The maximum absolute atomic E-state index is 11.8. The molecule has 0 aliphatic carbocycles. The third-order valence-corrected chi connectivity index (χ3v) is 3.07. The average molecular weight is 259 g/mol. The summed E-state index contributed by atoms with van der Waals surface area (Å²) in [6.45, 7) is 3.89. The summed E-state index contributed by atoms with van der Waals surface area (Å²) in [6, 6.07) is 9.29. The van der Waals surface area contributed by atoms with Crippen LogP contribution in [0.3, 0.4) is 0 Å². The Morgan fingerprint density at radius 1 is 1.26 bits per heavy atom. The number of aliphatic hydroxyl groups excluding tert-OH is 1. The predicted molar refractivity (Wildman–Crippen MR) is 71.9 cm³/mol. The molecule has 0 bridgehead atoms. The van der Waals surface area contributed by atoms with E-state index in [1.54, 1.807) is 13.0 Å². The van der Waals surface area contributed by atoms with E-state index in [-0.39, 0.29) is 18.2 Å². The fourth-order valence-electron chi connectivity index (χ4n) is 1.95. The summed E-state index contributed by atoms with van der Waals surface area (Å²) in [5.74, 6) is -0.0212. The van der Waals surface area contributed by atoms with Crippen molar-refractivity contribution in [1.29, 1.82) is 0 Å². The molecule has 1 unspecified atom stereocenters. The molecule has 2 N–H and O–H groups in total. The van der Waals surface area contributed by atoms with Crippen LogP contribution >= 0.6 is 0 Å². The lowest BCUT2D eigenvalue weighted by atomic mass is 10.0. The summed E-state index contributed by atoms with van der Waals surface area (Å²) in [5.41, 5.74) is 2.60. The summed E-state index contributed by atoms with van der Waals surface area (Å²) in [5, 5.41) is 12.7. The first-order valence-electron chi connectivity index (χ1n) is 6.15. The van der Waals surface area contributed by atoms with E-state index < -0.39 is 6.10 Å². The normalized spacial score (nSPS) is 12.2. The molecule has 0 saturated heterocycles. The second-order valence-electron chi connectivity index (χ2n) is 4.52. The predicted octanol–water partition coefficient (Wildman–Crippen LogP) is 2.36. The Balaban J connectivity index is 1.98. The molecular weight excluding hydrogens is 242 g/mol. The molecule has 0 spiro atoms. The number of nitrogens with one attached hydrogen (secondary N) is 1. The minimum absolute atomic E-state index is 0.157. The molecule has 1 aromatic carbocycles. The van der Waals surface area contributed by atoms with Crippen LogP contribution in [-0.2, 0) is 0 Å². The number of aryl methyl sites for hydroxylation is 2. The number of carbonyl (C=O) groups excluding carboxylic acids is 1. The third-order valence-electron chi connectivity index (χ3n) is 3.07. The van der Waals surface area contributed by atoms with Gasteiger partial charge in [-0.1, -0.05) is 24.3 Å². The van der Waals surface area contributed by atoms with E-state index in [1.165, 1.54) is 6.26 Å². The highest BCUT2D eigenvalue weighted by molar-refractivity contribution is 5.92. The Bertz CT molecular complexity index is 574. The van der Waals surface area contributed by atoms with E-state index in [9.17, 15) is 9.90 Å². The largest absolute Gasteiger partial charge is 0.459 e. The van der Waals surface area contributed by atoms with Crippen LogP contribution < -0.4 is 5.32 Å². The van der Waals surface area contributed by atoms with Crippen molar-refractivity contribution in [2.24, 2.45) is 0 Å². The number of benzene rings is 1. The minimum atomic E-state index is -0.722. The van der Waals surface area contributed by atoms with Crippen molar-refractivity contribution < 1.29 is 14.3 Å². The van der Waals surface area contributed by atoms with Gasteiger partial charge in [0.15, 0.2) is 5.76 Å². The SMILES string of the molecule is Cc1ccccc1C(O)CNC(=O)c1occc1C. The Labute approximate surface area is 112 Å². The van der Waals surface area contributed by atoms with Crippen molar-refractivity contribution in [1.82, 2.24) is 5.32 Å². The molecule has 4 heteroatoms. The number of rotatable bonds is 4. The Kier molecular flexibility index (Phi) is 4.02. The van der Waals surface area contributed by atoms with Gasteiger partial charge in [-0.25, -0.2) is 0 Å². The lowest BCUT2D eigenvalue weighted by Crippen LogP contribution is -2.28. The minimum Gasteiger partial charge on any atom is -0.459 e. The van der Waals surface area contributed by atoms with E-state index in [0.717, 1.165) is 16.7 Å². The van der Waals surface area contributed by atoms with Gasteiger partial charge in [0.25, 0.3) is 5.91 Å². The molecule has 0 radical (unpaired) electrons. The quantitative estimate of drug-likeness (QED) is 0.886. The monoisotopic (exact) mass is 259 g/mol. The molecule has 0 fully saturated rings. The Hall–Kier alpha value is -2.07. The summed E-state index contributed by atoms with van der Waals surface area (Å²) in [4.78, 5) is 11.8. The lowest BCUT2D eigenvalue weighted by Gasteiger charge is -2.14. The lowest BCUT2D eigenvalue weighted by molar-refractivity contribution is 0.0888. The van der Waals surface area contributed by atoms with Crippen molar-refractivity contribution in [3.63, 3.8) is 0 Å². The van der Waals surface area contributed by atoms with Crippen LogP contribution in [-0.4, -0.2) is 17.6 Å². The van der Waals surface area contributed by atoms with Gasteiger partial charge in [-0.15, -0.1) is 0 Å². The first kappa shape index (κ1) is 13.4. The standard InChI is InChI=1S/C15H17NO3/c1-10-5-3-4-6-12(10)13(17)9-16-15(18)14-11(2)7-8-19-14/h3-8,13,17H,9H2,1-2H3,(H,16,18). The topological polar surface area (TPSA) is 62.5 Å². The van der Waals surface area contributed by atoms with Crippen molar-refractivity contribution in [2.45, 2.75) is 20.0 Å². The third kappa shape index (κ3) is 3.03. The maximum Gasteiger partial charge on any atom is 0.287 e. The van der Waals surface area contributed by atoms with Crippen LogP contribution in [0.25, 0.3) is 0 Å². The highest BCUT2D eigenvalue weighted by Crippen LogP contribution is 2.16. The fourth-order valence-corrected chi connectivity index (χ4v) is 1.95. The van der Waals surface area contributed by atoms with Crippen LogP contribution in [0.2, 0.25) is 0 Å². The van der Waals surface area contributed by atoms with E-state index >= 15 is 0 Å². The van der Waals surface area contributed by atoms with Crippen LogP contribution in [0.5, 0.6) is 0 Å². The van der Waals surface area contributed by atoms with Crippen molar-refractivity contribution in [2.75, 3.05) is 6.54 Å². The maximum atomic E-state index is 11.8. The van der Waals surface area contributed by atoms with Crippen LogP contribution in [0.1, 0.15) is 33.3 Å². The second-order valence-corrected chi connectivity index (χ2v) is 4.52. The molecule has 1 aromatic heterocycles. The van der Waals surface area contributed by atoms with Crippen molar-refractivity contribution in [3.8, 4) is 0 Å². The zero-order valence-electron chi connectivity index (χ0n) is 11.0. The van der Waals surface area contributed by atoms with E-state index in [2.05, 4.69) is 5.32 Å². The molecular formula is C15H17NO3. The van der Waals surface area contributed by atoms with Gasteiger partial charge in [0.1, 0.15) is 0 Å². The van der Waals surface area contributed by atoms with Gasteiger partial charge >= 0.3 is 0 Å². The molecule has 19 heavy (non-hydrogen) atoms. The van der Waals surface area contributed by atoms with Gasteiger partial charge in [-0.05, 0) is 31.0 Å². The van der Waals surface area contributed by atoms with Crippen LogP contribution in [0, 0.1) is 13.8 Å². The Morgan fingerprint density at radius 2 is 2.00 bits per heavy atom. The summed E-state index contributed by atoms with van der Waals surface area (Å²) in [6.07, 6.45) is 0.752. The molecule has 0 aliphatic heterocycles. The fraction of sp³-hybridized carbons (Fsp3) is 0.267. The summed E-state index contributed by atoms with van der Waals surface area (Å²) in [7, 11) is 0. The molecule has 0 saturated carbocycles. The van der Waals surface area contributed by atoms with Crippen LogP contribution in [0.4, 0.5) is 0 Å². The number of hydrogen-bond acceptors (Lipinski definition) is 3.